The summed E-state index contributed by atoms with van der Waals surface area (Å²) in [5.74, 6) is -2.66. The molecule has 1 fully saturated rings. The SMILES string of the molecule is CCCS(=O)(=O)Nc1ccc(F)c(NC(=O)c2cc(C)cc3c(NC4CCCC4)ncnc23)c1F. The minimum atomic E-state index is -3.82. The number of benzene rings is 2. The van der Waals surface area contributed by atoms with Crippen LogP contribution in [0.5, 0.6) is 0 Å². The van der Waals surface area contributed by atoms with Crippen LogP contribution in [-0.4, -0.2) is 36.1 Å². The van der Waals surface area contributed by atoms with Crippen LogP contribution in [0.15, 0.2) is 30.6 Å². The molecule has 8 nitrogen and oxygen atoms in total. The second kappa shape index (κ2) is 10.1. The van der Waals surface area contributed by atoms with E-state index < -0.39 is 38.9 Å². The molecule has 0 radical (unpaired) electrons. The summed E-state index contributed by atoms with van der Waals surface area (Å²) in [5.41, 5.74) is 0.000127. The van der Waals surface area contributed by atoms with Gasteiger partial charge in [-0.25, -0.2) is 27.2 Å². The topological polar surface area (TPSA) is 113 Å². The fourth-order valence-corrected chi connectivity index (χ4v) is 5.41. The van der Waals surface area contributed by atoms with Gasteiger partial charge >= 0.3 is 0 Å². The Hall–Kier alpha value is -3.34. The van der Waals surface area contributed by atoms with Crippen LogP contribution in [0.3, 0.4) is 0 Å². The van der Waals surface area contributed by atoms with Crippen molar-refractivity contribution in [2.45, 2.75) is 52.0 Å². The lowest BCUT2D eigenvalue weighted by atomic mass is 10.0. The number of nitrogens with zero attached hydrogens (tertiary/aromatic N) is 2. The fourth-order valence-electron chi connectivity index (χ4n) is 4.28. The second-order valence-electron chi connectivity index (χ2n) is 8.72. The molecular weight excluding hydrogens is 476 g/mol. The number of hydrogen-bond acceptors (Lipinski definition) is 6. The van der Waals surface area contributed by atoms with Crippen molar-refractivity contribution in [3.63, 3.8) is 0 Å². The predicted molar refractivity (Wildman–Crippen MR) is 132 cm³/mol. The average molecular weight is 504 g/mol. The third-order valence-corrected chi connectivity index (χ3v) is 7.37. The van der Waals surface area contributed by atoms with E-state index in [1.54, 1.807) is 19.9 Å². The summed E-state index contributed by atoms with van der Waals surface area (Å²) >= 11 is 0. The number of rotatable bonds is 8. The van der Waals surface area contributed by atoms with E-state index >= 15 is 4.39 Å². The molecule has 3 N–H and O–H groups in total. The van der Waals surface area contributed by atoms with Crippen molar-refractivity contribution >= 4 is 44.0 Å². The molecule has 1 saturated carbocycles. The maximum Gasteiger partial charge on any atom is 0.258 e. The van der Waals surface area contributed by atoms with Gasteiger partial charge in [-0.05, 0) is 56.0 Å². The van der Waals surface area contributed by atoms with Crippen LogP contribution in [0.2, 0.25) is 0 Å². The van der Waals surface area contributed by atoms with Gasteiger partial charge < -0.3 is 10.6 Å². The molecule has 2 aromatic carbocycles. The smallest absolute Gasteiger partial charge is 0.258 e. The summed E-state index contributed by atoms with van der Waals surface area (Å²) in [4.78, 5) is 21.8. The quantitative estimate of drug-likeness (QED) is 0.400. The number of aryl methyl sites for hydroxylation is 1. The predicted octanol–water partition coefficient (Wildman–Crippen LogP) is 4.97. The third kappa shape index (κ3) is 5.50. The van der Waals surface area contributed by atoms with Crippen molar-refractivity contribution in [2.75, 3.05) is 21.1 Å². The third-order valence-electron chi connectivity index (χ3n) is 5.89. The average Bonchev–Trinajstić information content (AvgIpc) is 3.31. The molecule has 0 spiro atoms. The van der Waals surface area contributed by atoms with Gasteiger partial charge in [0, 0.05) is 11.4 Å². The van der Waals surface area contributed by atoms with Crippen LogP contribution >= 0.6 is 0 Å². The summed E-state index contributed by atoms with van der Waals surface area (Å²) in [6.07, 6.45) is 6.00. The molecule has 0 saturated heterocycles. The lowest BCUT2D eigenvalue weighted by Gasteiger charge is -2.16. The number of hydrogen-bond donors (Lipinski definition) is 3. The van der Waals surface area contributed by atoms with Gasteiger partial charge in [0.05, 0.1) is 22.5 Å². The number of nitrogens with one attached hydrogen (secondary N) is 3. The number of aromatic nitrogens is 2. The largest absolute Gasteiger partial charge is 0.367 e. The Kier molecular flexibility index (Phi) is 7.15. The van der Waals surface area contributed by atoms with Crippen LogP contribution in [0, 0.1) is 18.6 Å². The van der Waals surface area contributed by atoms with Crippen LogP contribution in [0.25, 0.3) is 10.9 Å². The Balaban J connectivity index is 1.68. The summed E-state index contributed by atoms with van der Waals surface area (Å²) in [6, 6.07) is 5.58. The summed E-state index contributed by atoms with van der Waals surface area (Å²) in [6.45, 7) is 3.46. The molecule has 1 amide bonds. The van der Waals surface area contributed by atoms with Crippen LogP contribution in [0.1, 0.15) is 54.9 Å². The van der Waals surface area contributed by atoms with E-state index in [1.165, 1.54) is 6.33 Å². The summed E-state index contributed by atoms with van der Waals surface area (Å²) in [7, 11) is -3.82. The van der Waals surface area contributed by atoms with Gasteiger partial charge in [-0.3, -0.25) is 9.52 Å². The first-order chi connectivity index (χ1) is 16.7. The standard InChI is InChI=1S/C24H27F2N5O3S/c1-3-10-35(33,34)31-19-9-8-18(25)22(20(19)26)30-24(32)17-12-14(2)11-16-21(17)27-13-28-23(16)29-15-6-4-5-7-15/h8-9,11-13,15,31H,3-7,10H2,1-2H3,(H,30,32)(H,27,28,29). The van der Waals surface area contributed by atoms with Gasteiger partial charge in [0.1, 0.15) is 23.6 Å². The van der Waals surface area contributed by atoms with Gasteiger partial charge in [-0.2, -0.15) is 0 Å². The maximum absolute atomic E-state index is 15.0. The van der Waals surface area contributed by atoms with E-state index in [0.29, 0.717) is 23.1 Å². The molecule has 0 atom stereocenters. The molecule has 3 aromatic rings. The molecule has 186 valence electrons. The molecule has 0 unspecified atom stereocenters. The van der Waals surface area contributed by atoms with Crippen LogP contribution < -0.4 is 15.4 Å². The fraction of sp³-hybridized carbons (Fsp3) is 0.375. The molecule has 0 aliphatic heterocycles. The zero-order valence-corrected chi connectivity index (χ0v) is 20.3. The van der Waals surface area contributed by atoms with E-state index in [0.717, 1.165) is 43.4 Å². The minimum absolute atomic E-state index is 0.118. The Bertz CT molecular complexity index is 1380. The lowest BCUT2D eigenvalue weighted by Crippen LogP contribution is -2.20. The molecule has 0 bridgehead atoms. The zero-order valence-electron chi connectivity index (χ0n) is 19.5. The molecule has 11 heteroatoms. The molecule has 1 aliphatic rings. The Morgan fingerprint density at radius 3 is 2.60 bits per heavy atom. The number of fused-ring (bicyclic) bond motifs is 1. The highest BCUT2D eigenvalue weighted by Gasteiger charge is 2.23. The van der Waals surface area contributed by atoms with E-state index in [1.807, 2.05) is 6.07 Å². The minimum Gasteiger partial charge on any atom is -0.367 e. The molecule has 1 aliphatic carbocycles. The van der Waals surface area contributed by atoms with Crippen molar-refractivity contribution in [3.8, 4) is 0 Å². The van der Waals surface area contributed by atoms with Crippen molar-refractivity contribution in [3.05, 3.63) is 53.4 Å². The normalized spacial score (nSPS) is 14.3. The monoisotopic (exact) mass is 503 g/mol. The van der Waals surface area contributed by atoms with Gasteiger partial charge in [0.25, 0.3) is 5.91 Å². The first-order valence-corrected chi connectivity index (χ1v) is 13.2. The summed E-state index contributed by atoms with van der Waals surface area (Å²) < 4.78 is 55.8. The number of amides is 1. The van der Waals surface area contributed by atoms with Gasteiger partial charge in [-0.15, -0.1) is 0 Å². The van der Waals surface area contributed by atoms with Crippen molar-refractivity contribution in [1.29, 1.82) is 0 Å². The first kappa shape index (κ1) is 24.8. The second-order valence-corrected chi connectivity index (χ2v) is 10.6. The molecule has 1 heterocycles. The zero-order chi connectivity index (χ0) is 25.2. The number of anilines is 3. The van der Waals surface area contributed by atoms with Crippen molar-refractivity contribution in [2.24, 2.45) is 0 Å². The lowest BCUT2D eigenvalue weighted by molar-refractivity contribution is 0.102. The molecule has 35 heavy (non-hydrogen) atoms. The van der Waals surface area contributed by atoms with E-state index in [2.05, 4.69) is 25.3 Å². The number of carbonyl (C=O) groups is 1. The van der Waals surface area contributed by atoms with Gasteiger partial charge in [-0.1, -0.05) is 19.8 Å². The van der Waals surface area contributed by atoms with Gasteiger partial charge in [0.2, 0.25) is 10.0 Å². The Morgan fingerprint density at radius 2 is 1.89 bits per heavy atom. The van der Waals surface area contributed by atoms with Crippen LogP contribution in [-0.2, 0) is 10.0 Å². The first-order valence-electron chi connectivity index (χ1n) is 11.5. The summed E-state index contributed by atoms with van der Waals surface area (Å²) in [5, 5.41) is 6.31. The highest BCUT2D eigenvalue weighted by Crippen LogP contribution is 2.30. The number of carbonyl (C=O) groups excluding carboxylic acids is 1. The molecule has 1 aromatic heterocycles. The van der Waals surface area contributed by atoms with E-state index in [4.69, 9.17) is 0 Å². The highest BCUT2D eigenvalue weighted by atomic mass is 32.2. The Morgan fingerprint density at radius 1 is 1.14 bits per heavy atom. The van der Waals surface area contributed by atoms with Gasteiger partial charge in [0.15, 0.2) is 5.82 Å². The van der Waals surface area contributed by atoms with Crippen molar-refractivity contribution < 1.29 is 22.0 Å². The number of halogens is 2. The van der Waals surface area contributed by atoms with E-state index in [-0.39, 0.29) is 17.4 Å². The highest BCUT2D eigenvalue weighted by molar-refractivity contribution is 7.92. The molecular formula is C24H27F2N5O3S. The Labute approximate surface area is 202 Å². The number of sulfonamides is 1. The van der Waals surface area contributed by atoms with E-state index in [9.17, 15) is 17.6 Å². The van der Waals surface area contributed by atoms with Crippen LogP contribution in [0.4, 0.5) is 26.0 Å². The van der Waals surface area contributed by atoms with Crippen molar-refractivity contribution in [1.82, 2.24) is 9.97 Å². The molecule has 4 rings (SSSR count). The maximum atomic E-state index is 15.0.